The lowest BCUT2D eigenvalue weighted by Gasteiger charge is -2.08. The highest BCUT2D eigenvalue weighted by Gasteiger charge is 2.34. The second-order valence-corrected chi connectivity index (χ2v) is 6.57. The number of allylic oxidation sites excluding steroid dienone is 2. The molecule has 22 heavy (non-hydrogen) atoms. The topological polar surface area (TPSA) is 57.1 Å². The number of benzene rings is 1. The van der Waals surface area contributed by atoms with Gasteiger partial charge in [-0.1, -0.05) is 36.4 Å². The Morgan fingerprint density at radius 1 is 1.32 bits per heavy atom. The van der Waals surface area contributed by atoms with E-state index in [1.807, 2.05) is 49.4 Å². The number of anilines is 1. The van der Waals surface area contributed by atoms with E-state index in [1.165, 1.54) is 28.0 Å². The maximum absolute atomic E-state index is 12.4. The maximum Gasteiger partial charge on any atom is 0.273 e. The van der Waals surface area contributed by atoms with Gasteiger partial charge < -0.3 is 0 Å². The minimum Gasteiger partial charge on any atom is -0.278 e. The maximum atomic E-state index is 12.4. The van der Waals surface area contributed by atoms with E-state index in [9.17, 15) is 4.79 Å². The first kappa shape index (κ1) is 14.7. The largest absolute Gasteiger partial charge is 0.278 e. The number of aromatic nitrogens is 1. The average Bonchev–Trinajstić information content (AvgIpc) is 3.09. The Morgan fingerprint density at radius 3 is 2.77 bits per heavy atom. The number of hydrogen-bond donors (Lipinski definition) is 1. The number of amides is 1. The molecule has 1 N–H and O–H groups in total. The van der Waals surface area contributed by atoms with E-state index in [1.54, 1.807) is 11.6 Å². The fourth-order valence-electron chi connectivity index (χ4n) is 2.05. The summed E-state index contributed by atoms with van der Waals surface area (Å²) in [4.78, 5) is 18.4. The molecule has 1 fully saturated rings. The molecule has 2 aromatic rings. The first-order chi connectivity index (χ1) is 10.6. The van der Waals surface area contributed by atoms with Gasteiger partial charge in [-0.3, -0.25) is 10.2 Å². The Morgan fingerprint density at radius 2 is 2.09 bits per heavy atom. The summed E-state index contributed by atoms with van der Waals surface area (Å²) >= 11 is 2.51. The van der Waals surface area contributed by atoms with Gasteiger partial charge in [-0.25, -0.2) is 9.88 Å². The van der Waals surface area contributed by atoms with Crippen LogP contribution < -0.4 is 4.90 Å². The monoisotopic (exact) mass is 327 g/mol. The van der Waals surface area contributed by atoms with Crippen LogP contribution in [0.4, 0.5) is 5.13 Å². The van der Waals surface area contributed by atoms with Crippen LogP contribution in [0, 0.1) is 5.41 Å². The number of carbonyl (C=O) groups excluding carboxylic acids is 1. The van der Waals surface area contributed by atoms with E-state index in [4.69, 9.17) is 5.41 Å². The minimum absolute atomic E-state index is 0.189. The zero-order chi connectivity index (χ0) is 15.5. The second-order valence-electron chi connectivity index (χ2n) is 4.67. The lowest BCUT2D eigenvalue weighted by Crippen LogP contribution is -2.27. The van der Waals surface area contributed by atoms with Crippen LogP contribution in [0.3, 0.4) is 0 Å². The molecule has 2 heterocycles. The molecular formula is C16H13N3OS2. The van der Waals surface area contributed by atoms with Gasteiger partial charge in [0, 0.05) is 11.6 Å². The van der Waals surface area contributed by atoms with Gasteiger partial charge in [-0.05, 0) is 35.9 Å². The summed E-state index contributed by atoms with van der Waals surface area (Å²) in [5, 5.41) is 10.5. The Labute approximate surface area is 136 Å². The summed E-state index contributed by atoms with van der Waals surface area (Å²) in [6.45, 7) is 1.95. The van der Waals surface area contributed by atoms with Crippen LogP contribution in [0.5, 0.6) is 0 Å². The number of thiazole rings is 1. The molecule has 0 unspecified atom stereocenters. The molecule has 1 amide bonds. The van der Waals surface area contributed by atoms with E-state index < -0.39 is 0 Å². The molecule has 0 radical (unpaired) electrons. The number of hydrogen-bond acceptors (Lipinski definition) is 5. The summed E-state index contributed by atoms with van der Waals surface area (Å²) in [7, 11) is 0. The number of rotatable bonds is 3. The van der Waals surface area contributed by atoms with E-state index in [2.05, 4.69) is 4.98 Å². The van der Waals surface area contributed by atoms with Gasteiger partial charge in [-0.2, -0.15) is 0 Å². The Hall–Kier alpha value is -2.18. The molecule has 1 aliphatic rings. The number of amidine groups is 1. The van der Waals surface area contributed by atoms with Gasteiger partial charge in [0.25, 0.3) is 5.91 Å². The summed E-state index contributed by atoms with van der Waals surface area (Å²) < 4.78 is 0. The Kier molecular flexibility index (Phi) is 4.22. The molecule has 6 heteroatoms. The Bertz CT molecular complexity index is 764. The Balaban J connectivity index is 1.85. The molecule has 1 aliphatic heterocycles. The van der Waals surface area contributed by atoms with Gasteiger partial charge in [0.05, 0.1) is 4.91 Å². The summed E-state index contributed by atoms with van der Waals surface area (Å²) in [5.74, 6) is -0.189. The molecule has 0 spiro atoms. The molecule has 0 atom stereocenters. The van der Waals surface area contributed by atoms with Gasteiger partial charge in [-0.15, -0.1) is 11.3 Å². The van der Waals surface area contributed by atoms with Gasteiger partial charge in [0.2, 0.25) is 0 Å². The van der Waals surface area contributed by atoms with Crippen LogP contribution in [0.1, 0.15) is 12.5 Å². The average molecular weight is 327 g/mol. The molecule has 1 saturated heterocycles. The zero-order valence-electron chi connectivity index (χ0n) is 11.8. The van der Waals surface area contributed by atoms with Crippen molar-refractivity contribution >= 4 is 45.4 Å². The van der Waals surface area contributed by atoms with Gasteiger partial charge >= 0.3 is 0 Å². The van der Waals surface area contributed by atoms with E-state index in [-0.39, 0.29) is 11.1 Å². The minimum atomic E-state index is -0.189. The third-order valence-electron chi connectivity index (χ3n) is 2.99. The smallest absolute Gasteiger partial charge is 0.273 e. The standard InChI is InChI=1S/C16H13N3OS2/c1-11(9-12-5-3-2-4-6-12)10-13-14(20)19(15(17)22-13)16-18-7-8-21-16/h2-10,17H,1H3/b11-9+,13-10-,17-15?. The molecule has 0 saturated carbocycles. The SMILES string of the molecule is CC(/C=C1\SC(=N)N(c2nccs2)C1=O)=C\c1ccccc1. The van der Waals surface area contributed by atoms with Crippen molar-refractivity contribution in [2.75, 3.05) is 4.90 Å². The summed E-state index contributed by atoms with van der Waals surface area (Å²) in [6, 6.07) is 9.93. The van der Waals surface area contributed by atoms with Crippen molar-refractivity contribution in [3.05, 3.63) is 64.0 Å². The van der Waals surface area contributed by atoms with Gasteiger partial charge in [0.1, 0.15) is 0 Å². The molecule has 4 nitrogen and oxygen atoms in total. The second kappa shape index (κ2) is 6.29. The van der Waals surface area contributed by atoms with Crippen molar-refractivity contribution in [2.45, 2.75) is 6.92 Å². The highest BCUT2D eigenvalue weighted by Crippen LogP contribution is 2.35. The van der Waals surface area contributed by atoms with Crippen LogP contribution in [-0.2, 0) is 4.79 Å². The highest BCUT2D eigenvalue weighted by molar-refractivity contribution is 8.19. The zero-order valence-corrected chi connectivity index (χ0v) is 13.4. The molecule has 0 aliphatic carbocycles. The normalized spacial score (nSPS) is 17.6. The quantitative estimate of drug-likeness (QED) is 0.862. The van der Waals surface area contributed by atoms with Crippen molar-refractivity contribution in [1.29, 1.82) is 5.41 Å². The van der Waals surface area contributed by atoms with Crippen molar-refractivity contribution in [1.82, 2.24) is 4.98 Å². The van der Waals surface area contributed by atoms with Gasteiger partial charge in [0.15, 0.2) is 10.3 Å². The third-order valence-corrected chi connectivity index (χ3v) is 4.63. The first-order valence-electron chi connectivity index (χ1n) is 6.60. The fourth-order valence-corrected chi connectivity index (χ4v) is 3.64. The predicted octanol–water partition coefficient (Wildman–Crippen LogP) is 4.15. The molecule has 110 valence electrons. The summed E-state index contributed by atoms with van der Waals surface area (Å²) in [6.07, 6.45) is 5.46. The molecule has 0 bridgehead atoms. The highest BCUT2D eigenvalue weighted by atomic mass is 32.2. The van der Waals surface area contributed by atoms with Crippen molar-refractivity contribution in [2.24, 2.45) is 0 Å². The number of carbonyl (C=O) groups is 1. The number of nitrogens with zero attached hydrogens (tertiary/aromatic N) is 2. The van der Waals surface area contributed by atoms with E-state index >= 15 is 0 Å². The number of nitrogens with one attached hydrogen (secondary N) is 1. The lowest BCUT2D eigenvalue weighted by atomic mass is 10.1. The van der Waals surface area contributed by atoms with Crippen LogP contribution in [0.2, 0.25) is 0 Å². The van der Waals surface area contributed by atoms with Crippen molar-refractivity contribution in [3.8, 4) is 0 Å². The van der Waals surface area contributed by atoms with Crippen molar-refractivity contribution in [3.63, 3.8) is 0 Å². The van der Waals surface area contributed by atoms with E-state index in [0.717, 1.165) is 11.1 Å². The predicted molar refractivity (Wildman–Crippen MR) is 93.1 cm³/mol. The van der Waals surface area contributed by atoms with Crippen LogP contribution in [0.15, 0.2) is 58.5 Å². The third kappa shape index (κ3) is 3.03. The molecule has 1 aromatic heterocycles. The van der Waals surface area contributed by atoms with E-state index in [0.29, 0.717) is 10.0 Å². The van der Waals surface area contributed by atoms with Crippen LogP contribution in [0.25, 0.3) is 6.08 Å². The molecule has 3 rings (SSSR count). The molecule has 1 aromatic carbocycles. The fraction of sp³-hybridized carbons (Fsp3) is 0.0625. The number of thioether (sulfide) groups is 1. The summed E-state index contributed by atoms with van der Waals surface area (Å²) in [5.41, 5.74) is 2.05. The first-order valence-corrected chi connectivity index (χ1v) is 8.30. The lowest BCUT2D eigenvalue weighted by molar-refractivity contribution is -0.113. The van der Waals surface area contributed by atoms with Crippen molar-refractivity contribution < 1.29 is 4.79 Å². The van der Waals surface area contributed by atoms with Crippen LogP contribution in [-0.4, -0.2) is 16.1 Å². The molecular weight excluding hydrogens is 314 g/mol. The van der Waals surface area contributed by atoms with Crippen LogP contribution >= 0.6 is 23.1 Å².